The van der Waals surface area contributed by atoms with E-state index in [-0.39, 0.29) is 30.0 Å². The van der Waals surface area contributed by atoms with Crippen LogP contribution in [-0.4, -0.2) is 42.8 Å². The van der Waals surface area contributed by atoms with Gasteiger partial charge in [0.2, 0.25) is 0 Å². The van der Waals surface area contributed by atoms with Gasteiger partial charge in [-0.15, -0.1) is 0 Å². The van der Waals surface area contributed by atoms with E-state index in [9.17, 15) is 14.7 Å². The van der Waals surface area contributed by atoms with Crippen LogP contribution in [0, 0.1) is 6.92 Å². The smallest absolute Gasteiger partial charge is 0.336 e. The third-order valence-corrected chi connectivity index (χ3v) is 9.82. The first kappa shape index (κ1) is 37.2. The first-order chi connectivity index (χ1) is 25.7. The van der Waals surface area contributed by atoms with E-state index in [1.54, 1.807) is 6.07 Å². The first-order valence-corrected chi connectivity index (χ1v) is 18.4. The average Bonchev–Trinajstić information content (AvgIpc) is 3.18. The number of carbonyl (C=O) groups is 2. The number of amides is 1. The number of carboxylic acids is 1. The second-order valence-corrected chi connectivity index (χ2v) is 13.7. The predicted octanol–water partition coefficient (Wildman–Crippen LogP) is 9.90. The Hall–Kier alpha value is -5.60. The van der Waals surface area contributed by atoms with Gasteiger partial charge in [0.05, 0.1) is 11.1 Å². The van der Waals surface area contributed by atoms with Crippen molar-refractivity contribution < 1.29 is 28.9 Å². The number of carboxylic acid groups (broad SMARTS) is 1. The van der Waals surface area contributed by atoms with Crippen LogP contribution in [-0.2, 0) is 18.0 Å². The van der Waals surface area contributed by atoms with E-state index in [1.165, 1.54) is 0 Å². The van der Waals surface area contributed by atoms with E-state index in [1.807, 2.05) is 104 Å². The molecule has 5 aromatic carbocycles. The summed E-state index contributed by atoms with van der Waals surface area (Å²) in [5, 5.41) is 13.2. The third-order valence-electron chi connectivity index (χ3n) is 9.82. The first-order valence-electron chi connectivity index (χ1n) is 18.4. The molecule has 0 spiro atoms. The monoisotopic (exact) mass is 712 g/mol. The molecule has 0 aromatic heterocycles. The normalized spacial score (nSPS) is 13.1. The summed E-state index contributed by atoms with van der Waals surface area (Å²) in [7, 11) is 0. The van der Waals surface area contributed by atoms with Gasteiger partial charge in [-0.2, -0.15) is 0 Å². The zero-order valence-corrected chi connectivity index (χ0v) is 30.9. The number of nitrogens with zero attached hydrogens (tertiary/aromatic N) is 1. The number of nitrogens with one attached hydrogen (secondary N) is 1. The molecule has 2 N–H and O–H groups in total. The highest BCUT2D eigenvalue weighted by Gasteiger charge is 2.25. The number of rotatable bonds is 14. The summed E-state index contributed by atoms with van der Waals surface area (Å²) in [5.41, 5.74) is 7.54. The number of aromatic carboxylic acids is 1. The molecule has 1 aliphatic rings. The van der Waals surface area contributed by atoms with E-state index in [2.05, 4.69) is 37.1 Å². The van der Waals surface area contributed by atoms with E-state index < -0.39 is 5.97 Å². The Labute approximate surface area is 312 Å². The Morgan fingerprint density at radius 3 is 1.96 bits per heavy atom. The fraction of sp³-hybridized carbons (Fsp3) is 0.289. The molecule has 0 unspecified atom stereocenters. The van der Waals surface area contributed by atoms with Crippen molar-refractivity contribution in [2.24, 2.45) is 0 Å². The number of benzene rings is 5. The van der Waals surface area contributed by atoms with E-state index >= 15 is 0 Å². The summed E-state index contributed by atoms with van der Waals surface area (Å²) in [5.74, 6) is -0.0866. The van der Waals surface area contributed by atoms with Crippen molar-refractivity contribution in [3.8, 4) is 22.6 Å². The van der Waals surface area contributed by atoms with E-state index in [0.717, 1.165) is 58.5 Å². The minimum absolute atomic E-state index is 0.0833. The Balaban J connectivity index is 1.28. The van der Waals surface area contributed by atoms with Gasteiger partial charge in [0, 0.05) is 43.2 Å². The highest BCUT2D eigenvalue weighted by Crippen LogP contribution is 2.37. The summed E-state index contributed by atoms with van der Waals surface area (Å²) in [6.45, 7) is 11.0. The molecule has 1 aliphatic heterocycles. The number of ether oxygens (including phenoxy) is 3. The molecule has 274 valence electrons. The van der Waals surface area contributed by atoms with Crippen LogP contribution in [0.4, 0.5) is 11.4 Å². The molecule has 53 heavy (non-hydrogen) atoms. The molecule has 0 radical (unpaired) electrons. The van der Waals surface area contributed by atoms with Crippen molar-refractivity contribution in [2.75, 3.05) is 30.0 Å². The van der Waals surface area contributed by atoms with Crippen LogP contribution in [0.3, 0.4) is 0 Å². The SMILES string of the molecule is CCN(c1cc(-c2ccc(NC(=O)c3cc(C(C)C)c(OCc4ccccc4)cc3OCc3ccccc3)cc2)cc(C(=O)O)c1C)C1CCOCC1. The summed E-state index contributed by atoms with van der Waals surface area (Å²) in [4.78, 5) is 28.7. The summed E-state index contributed by atoms with van der Waals surface area (Å²) < 4.78 is 18.2. The summed E-state index contributed by atoms with van der Waals surface area (Å²) in [6.07, 6.45) is 1.80. The third kappa shape index (κ3) is 9.07. The van der Waals surface area contributed by atoms with Gasteiger partial charge in [-0.3, -0.25) is 4.79 Å². The zero-order chi connectivity index (χ0) is 37.3. The average molecular weight is 713 g/mol. The zero-order valence-electron chi connectivity index (χ0n) is 30.9. The predicted molar refractivity (Wildman–Crippen MR) is 210 cm³/mol. The molecular formula is C45H48N2O6. The maximum atomic E-state index is 14.0. The number of hydrogen-bond acceptors (Lipinski definition) is 6. The van der Waals surface area contributed by atoms with E-state index in [4.69, 9.17) is 14.2 Å². The number of anilines is 2. The number of carbonyl (C=O) groups excluding carboxylic acids is 1. The Kier molecular flexibility index (Phi) is 12.1. The molecule has 6 rings (SSSR count). The van der Waals surface area contributed by atoms with Crippen LogP contribution in [0.2, 0.25) is 0 Å². The highest BCUT2D eigenvalue weighted by atomic mass is 16.5. The molecule has 1 fully saturated rings. The largest absolute Gasteiger partial charge is 0.488 e. The van der Waals surface area contributed by atoms with Crippen LogP contribution in [0.15, 0.2) is 109 Å². The van der Waals surface area contributed by atoms with Gasteiger partial charge in [-0.05, 0) is 96.3 Å². The second kappa shape index (κ2) is 17.3. The molecule has 0 atom stereocenters. The van der Waals surface area contributed by atoms with Crippen molar-refractivity contribution >= 4 is 23.3 Å². The number of hydrogen-bond donors (Lipinski definition) is 2. The van der Waals surface area contributed by atoms with Crippen molar-refractivity contribution in [1.29, 1.82) is 0 Å². The molecule has 1 saturated heterocycles. The van der Waals surface area contributed by atoms with Gasteiger partial charge in [0.1, 0.15) is 24.7 Å². The lowest BCUT2D eigenvalue weighted by Crippen LogP contribution is -2.40. The van der Waals surface area contributed by atoms with Crippen LogP contribution in [0.5, 0.6) is 11.5 Å². The van der Waals surface area contributed by atoms with Gasteiger partial charge in [0.15, 0.2) is 0 Å². The highest BCUT2D eigenvalue weighted by molar-refractivity contribution is 6.06. The molecule has 0 saturated carbocycles. The quantitative estimate of drug-likeness (QED) is 0.118. The van der Waals surface area contributed by atoms with Crippen molar-refractivity contribution in [3.63, 3.8) is 0 Å². The minimum atomic E-state index is -0.958. The molecule has 1 amide bonds. The lowest BCUT2D eigenvalue weighted by Gasteiger charge is -2.36. The summed E-state index contributed by atoms with van der Waals surface area (Å²) in [6, 6.07) is 35.1. The second-order valence-electron chi connectivity index (χ2n) is 13.7. The van der Waals surface area contributed by atoms with Crippen LogP contribution in [0.25, 0.3) is 11.1 Å². The molecule has 1 heterocycles. The fourth-order valence-corrected chi connectivity index (χ4v) is 6.87. The van der Waals surface area contributed by atoms with Crippen LogP contribution in [0.1, 0.15) is 82.5 Å². The maximum Gasteiger partial charge on any atom is 0.336 e. The molecule has 0 bridgehead atoms. The van der Waals surface area contributed by atoms with Gasteiger partial charge in [0.25, 0.3) is 5.91 Å². The molecule has 8 nitrogen and oxygen atoms in total. The van der Waals surface area contributed by atoms with Gasteiger partial charge < -0.3 is 29.5 Å². The van der Waals surface area contributed by atoms with Crippen LogP contribution < -0.4 is 19.7 Å². The molecule has 0 aliphatic carbocycles. The van der Waals surface area contributed by atoms with E-state index in [0.29, 0.717) is 42.6 Å². The lowest BCUT2D eigenvalue weighted by atomic mass is 9.95. The molecule has 8 heteroatoms. The minimum Gasteiger partial charge on any atom is -0.488 e. The standard InChI is InChI=1S/C45H48N2O6/c1-5-47(37-20-22-51-23-21-37)41-25-35(24-39(31(41)4)45(49)50)34-16-18-36(19-17-34)46-44(48)40-26-38(30(2)3)42(52-28-32-12-8-6-9-13-32)27-43(40)53-29-33-14-10-7-11-15-33/h6-19,24-27,30,37H,5,20-23,28-29H2,1-4H3,(H,46,48)(H,49,50). The fourth-order valence-electron chi connectivity index (χ4n) is 6.87. The maximum absolute atomic E-state index is 14.0. The van der Waals surface area contributed by atoms with Crippen LogP contribution >= 0.6 is 0 Å². The van der Waals surface area contributed by atoms with Crippen molar-refractivity contribution in [1.82, 2.24) is 0 Å². The van der Waals surface area contributed by atoms with Gasteiger partial charge in [-0.1, -0.05) is 86.6 Å². The Morgan fingerprint density at radius 1 is 0.792 bits per heavy atom. The van der Waals surface area contributed by atoms with Crippen molar-refractivity contribution in [2.45, 2.75) is 65.7 Å². The van der Waals surface area contributed by atoms with Crippen molar-refractivity contribution in [3.05, 3.63) is 143 Å². The summed E-state index contributed by atoms with van der Waals surface area (Å²) >= 11 is 0. The topological polar surface area (TPSA) is 97.3 Å². The Bertz CT molecular complexity index is 2010. The van der Waals surface area contributed by atoms with Gasteiger partial charge >= 0.3 is 5.97 Å². The lowest BCUT2D eigenvalue weighted by molar-refractivity contribution is 0.0695. The molecule has 5 aromatic rings. The molecular weight excluding hydrogens is 665 g/mol. The van der Waals surface area contributed by atoms with Gasteiger partial charge in [-0.25, -0.2) is 4.79 Å². The Morgan fingerprint density at radius 2 is 1.40 bits per heavy atom.